The van der Waals surface area contributed by atoms with Crippen LogP contribution >= 0.6 is 11.5 Å². The van der Waals surface area contributed by atoms with E-state index in [0.29, 0.717) is 17.0 Å². The van der Waals surface area contributed by atoms with Gasteiger partial charge in [0.05, 0.1) is 5.69 Å². The highest BCUT2D eigenvalue weighted by Crippen LogP contribution is 2.24. The third kappa shape index (κ3) is 3.12. The van der Waals surface area contributed by atoms with Crippen molar-refractivity contribution in [1.29, 1.82) is 0 Å². The number of aryl methyl sites for hydroxylation is 1. The van der Waals surface area contributed by atoms with Crippen LogP contribution in [0.2, 0.25) is 0 Å². The molecule has 0 radical (unpaired) electrons. The summed E-state index contributed by atoms with van der Waals surface area (Å²) < 4.78 is 3.90. The third-order valence-electron chi connectivity index (χ3n) is 4.06. The van der Waals surface area contributed by atoms with Crippen LogP contribution in [0.15, 0.2) is 0 Å². The Labute approximate surface area is 118 Å². The molecule has 1 amide bonds. The summed E-state index contributed by atoms with van der Waals surface area (Å²) in [5.74, 6) is 0.0831. The molecule has 0 aromatic carbocycles. The van der Waals surface area contributed by atoms with Gasteiger partial charge in [0, 0.05) is 19.1 Å². The SMILES string of the molecule is CCc1nnsc1C(=O)N(C)C1CCC(NC)CC1. The van der Waals surface area contributed by atoms with Gasteiger partial charge in [-0.15, -0.1) is 5.10 Å². The molecule has 1 aromatic rings. The fourth-order valence-electron chi connectivity index (χ4n) is 2.68. The maximum Gasteiger partial charge on any atom is 0.267 e. The quantitative estimate of drug-likeness (QED) is 0.913. The zero-order chi connectivity index (χ0) is 13.8. The first-order chi connectivity index (χ1) is 9.17. The lowest BCUT2D eigenvalue weighted by atomic mass is 9.90. The van der Waals surface area contributed by atoms with Gasteiger partial charge in [-0.05, 0) is 50.7 Å². The Morgan fingerprint density at radius 2 is 2.11 bits per heavy atom. The van der Waals surface area contributed by atoms with Gasteiger partial charge in [0.25, 0.3) is 5.91 Å². The molecule has 0 atom stereocenters. The minimum absolute atomic E-state index is 0.0831. The molecule has 1 aromatic heterocycles. The van der Waals surface area contributed by atoms with Crippen LogP contribution in [0.4, 0.5) is 0 Å². The number of aromatic nitrogens is 2. The first-order valence-corrected chi connectivity index (χ1v) is 7.70. The van der Waals surface area contributed by atoms with E-state index in [0.717, 1.165) is 37.8 Å². The summed E-state index contributed by atoms with van der Waals surface area (Å²) in [6, 6.07) is 0.958. The second kappa shape index (κ2) is 6.43. The first-order valence-electron chi connectivity index (χ1n) is 6.93. The zero-order valence-electron chi connectivity index (χ0n) is 11.8. The summed E-state index contributed by atoms with van der Waals surface area (Å²) in [6.45, 7) is 2.01. The molecule has 0 aliphatic heterocycles. The Morgan fingerprint density at radius 1 is 1.42 bits per heavy atom. The van der Waals surface area contributed by atoms with E-state index in [4.69, 9.17) is 0 Å². The molecule has 2 rings (SSSR count). The second-order valence-electron chi connectivity index (χ2n) is 5.11. The highest BCUT2D eigenvalue weighted by Gasteiger charge is 2.28. The molecule has 0 unspecified atom stereocenters. The van der Waals surface area contributed by atoms with Crippen LogP contribution in [0.3, 0.4) is 0 Å². The second-order valence-corrected chi connectivity index (χ2v) is 5.87. The van der Waals surface area contributed by atoms with Gasteiger partial charge >= 0.3 is 0 Å². The van der Waals surface area contributed by atoms with Crippen LogP contribution in [0, 0.1) is 0 Å². The molecule has 1 fully saturated rings. The summed E-state index contributed by atoms with van der Waals surface area (Å²) >= 11 is 1.21. The monoisotopic (exact) mass is 282 g/mol. The van der Waals surface area contributed by atoms with E-state index in [9.17, 15) is 4.79 Å². The first kappa shape index (κ1) is 14.4. The molecule has 1 N–H and O–H groups in total. The topological polar surface area (TPSA) is 58.1 Å². The molecular formula is C13H22N4OS. The van der Waals surface area contributed by atoms with Gasteiger partial charge in [-0.2, -0.15) is 0 Å². The molecule has 1 saturated carbocycles. The maximum absolute atomic E-state index is 12.5. The number of nitrogens with zero attached hydrogens (tertiary/aromatic N) is 3. The van der Waals surface area contributed by atoms with E-state index in [1.165, 1.54) is 11.5 Å². The lowest BCUT2D eigenvalue weighted by Gasteiger charge is -2.34. The van der Waals surface area contributed by atoms with Crippen molar-refractivity contribution >= 4 is 17.4 Å². The van der Waals surface area contributed by atoms with Gasteiger partial charge in [0.2, 0.25) is 0 Å². The summed E-state index contributed by atoms with van der Waals surface area (Å²) in [6.07, 6.45) is 5.18. The molecule has 106 valence electrons. The number of amides is 1. The van der Waals surface area contributed by atoms with Crippen molar-refractivity contribution in [2.45, 2.75) is 51.1 Å². The fourth-order valence-corrected chi connectivity index (χ4v) is 3.41. The Bertz CT molecular complexity index is 426. The summed E-state index contributed by atoms with van der Waals surface area (Å²) in [5, 5.41) is 7.34. The molecule has 0 bridgehead atoms. The average Bonchev–Trinajstić information content (AvgIpc) is 2.94. The van der Waals surface area contributed by atoms with E-state index in [1.54, 1.807) is 0 Å². The molecule has 19 heavy (non-hydrogen) atoms. The van der Waals surface area contributed by atoms with Crippen LogP contribution in [-0.4, -0.2) is 46.6 Å². The largest absolute Gasteiger partial charge is 0.338 e. The molecule has 6 heteroatoms. The minimum Gasteiger partial charge on any atom is -0.338 e. The maximum atomic E-state index is 12.5. The van der Waals surface area contributed by atoms with E-state index in [2.05, 4.69) is 14.9 Å². The average molecular weight is 282 g/mol. The van der Waals surface area contributed by atoms with Crippen LogP contribution in [0.1, 0.15) is 48.0 Å². The third-order valence-corrected chi connectivity index (χ3v) is 4.81. The Morgan fingerprint density at radius 3 is 2.68 bits per heavy atom. The van der Waals surface area contributed by atoms with E-state index >= 15 is 0 Å². The highest BCUT2D eigenvalue weighted by atomic mass is 32.1. The van der Waals surface area contributed by atoms with Gasteiger partial charge in [-0.25, -0.2) is 0 Å². The zero-order valence-corrected chi connectivity index (χ0v) is 12.7. The number of carbonyl (C=O) groups is 1. The normalized spacial score (nSPS) is 23.3. The molecule has 1 aliphatic rings. The Balaban J connectivity index is 2.00. The van der Waals surface area contributed by atoms with Crippen LogP contribution in [-0.2, 0) is 6.42 Å². The van der Waals surface area contributed by atoms with Crippen molar-refractivity contribution in [3.8, 4) is 0 Å². The van der Waals surface area contributed by atoms with Crippen molar-refractivity contribution < 1.29 is 4.79 Å². The lowest BCUT2D eigenvalue weighted by molar-refractivity contribution is 0.0689. The molecular weight excluding hydrogens is 260 g/mol. The smallest absolute Gasteiger partial charge is 0.267 e. The lowest BCUT2D eigenvalue weighted by Crippen LogP contribution is -2.42. The predicted octanol–water partition coefficient (Wildman–Crippen LogP) is 1.70. The van der Waals surface area contributed by atoms with Crippen LogP contribution in [0.25, 0.3) is 0 Å². The number of carbonyl (C=O) groups excluding carboxylic acids is 1. The summed E-state index contributed by atoms with van der Waals surface area (Å²) in [5.41, 5.74) is 0.825. The van der Waals surface area contributed by atoms with Crippen molar-refractivity contribution in [3.63, 3.8) is 0 Å². The van der Waals surface area contributed by atoms with Gasteiger partial charge in [0.15, 0.2) is 0 Å². The standard InChI is InChI=1S/C13H22N4OS/c1-4-11-12(19-16-15-11)13(18)17(3)10-7-5-9(14-2)6-8-10/h9-10,14H,4-8H2,1-3H3. The number of nitrogens with one attached hydrogen (secondary N) is 1. The number of hydrogen-bond donors (Lipinski definition) is 1. The molecule has 1 heterocycles. The molecule has 5 nitrogen and oxygen atoms in total. The van der Waals surface area contributed by atoms with Crippen LogP contribution in [0.5, 0.6) is 0 Å². The Kier molecular flexibility index (Phi) is 4.87. The molecule has 0 saturated heterocycles. The summed E-state index contributed by atoms with van der Waals surface area (Å²) in [7, 11) is 3.92. The van der Waals surface area contributed by atoms with Gasteiger partial charge in [-0.1, -0.05) is 11.4 Å². The number of rotatable bonds is 4. The van der Waals surface area contributed by atoms with E-state index in [-0.39, 0.29) is 5.91 Å². The molecule has 0 spiro atoms. The number of hydrogen-bond acceptors (Lipinski definition) is 5. The van der Waals surface area contributed by atoms with Crippen molar-refractivity contribution in [2.75, 3.05) is 14.1 Å². The van der Waals surface area contributed by atoms with E-state index < -0.39 is 0 Å². The van der Waals surface area contributed by atoms with Crippen molar-refractivity contribution in [2.24, 2.45) is 0 Å². The van der Waals surface area contributed by atoms with E-state index in [1.807, 2.05) is 25.9 Å². The molecule has 1 aliphatic carbocycles. The van der Waals surface area contributed by atoms with Gasteiger partial charge in [0.1, 0.15) is 4.88 Å². The predicted molar refractivity (Wildman–Crippen MR) is 76.5 cm³/mol. The Hall–Kier alpha value is -1.01. The fraction of sp³-hybridized carbons (Fsp3) is 0.769. The highest BCUT2D eigenvalue weighted by molar-refractivity contribution is 7.08. The van der Waals surface area contributed by atoms with Gasteiger partial charge < -0.3 is 10.2 Å². The van der Waals surface area contributed by atoms with Crippen molar-refractivity contribution in [3.05, 3.63) is 10.6 Å². The summed E-state index contributed by atoms with van der Waals surface area (Å²) in [4.78, 5) is 15.1. The van der Waals surface area contributed by atoms with Gasteiger partial charge in [-0.3, -0.25) is 4.79 Å². The van der Waals surface area contributed by atoms with Crippen molar-refractivity contribution in [1.82, 2.24) is 19.8 Å². The van der Waals surface area contributed by atoms with Crippen LogP contribution < -0.4 is 5.32 Å². The minimum atomic E-state index is 0.0831.